The molecule has 0 aromatic heterocycles. The van der Waals surface area contributed by atoms with E-state index >= 15 is 0 Å². The van der Waals surface area contributed by atoms with E-state index in [-0.39, 0.29) is 16.9 Å². The summed E-state index contributed by atoms with van der Waals surface area (Å²) in [6, 6.07) is 6.32. The molecule has 4 heterocycles. The van der Waals surface area contributed by atoms with E-state index in [9.17, 15) is 4.79 Å². The predicted octanol–water partition coefficient (Wildman–Crippen LogP) is 1.32. The highest BCUT2D eigenvalue weighted by molar-refractivity contribution is 5.84. The van der Waals surface area contributed by atoms with Gasteiger partial charge < -0.3 is 24.4 Å². The Balaban J connectivity index is 1.34. The fraction of sp³-hybridized carbons (Fsp3) is 0.667. The number of nitrogens with one attached hydrogen (secondary N) is 1. The molecule has 27 heavy (non-hydrogen) atoms. The quantitative estimate of drug-likeness (QED) is 0.849. The molecular formula is C21H28N2O4. The first-order valence-electron chi connectivity index (χ1n) is 10.1. The van der Waals surface area contributed by atoms with Crippen molar-refractivity contribution in [3.05, 3.63) is 29.3 Å². The highest BCUT2D eigenvalue weighted by Crippen LogP contribution is 2.45. The number of ether oxygens (including phenoxy) is 3. The number of benzene rings is 1. The number of hydrogen-bond donors (Lipinski definition) is 1. The van der Waals surface area contributed by atoms with Gasteiger partial charge in [0.25, 0.3) is 0 Å². The maximum absolute atomic E-state index is 13.4. The van der Waals surface area contributed by atoms with Crippen molar-refractivity contribution in [2.75, 3.05) is 53.1 Å². The monoisotopic (exact) mass is 372 g/mol. The van der Waals surface area contributed by atoms with Crippen molar-refractivity contribution in [3.63, 3.8) is 0 Å². The minimum absolute atomic E-state index is 0.256. The van der Waals surface area contributed by atoms with Crippen LogP contribution in [0.2, 0.25) is 0 Å². The van der Waals surface area contributed by atoms with Crippen LogP contribution in [0.25, 0.3) is 0 Å². The lowest BCUT2D eigenvalue weighted by molar-refractivity contribution is -0.151. The van der Waals surface area contributed by atoms with Crippen LogP contribution in [-0.2, 0) is 26.3 Å². The van der Waals surface area contributed by atoms with E-state index < -0.39 is 0 Å². The molecule has 1 aromatic rings. The third-order valence-corrected chi connectivity index (χ3v) is 7.13. The molecule has 4 aliphatic heterocycles. The first-order valence-corrected chi connectivity index (χ1v) is 10.1. The van der Waals surface area contributed by atoms with Gasteiger partial charge in [0.2, 0.25) is 5.91 Å². The molecule has 0 radical (unpaired) electrons. The van der Waals surface area contributed by atoms with E-state index in [0.29, 0.717) is 19.1 Å². The molecule has 0 bridgehead atoms. The van der Waals surface area contributed by atoms with Crippen molar-refractivity contribution in [1.82, 2.24) is 10.2 Å². The largest absolute Gasteiger partial charge is 0.497 e. The molecule has 3 saturated heterocycles. The van der Waals surface area contributed by atoms with E-state index in [1.54, 1.807) is 7.11 Å². The summed E-state index contributed by atoms with van der Waals surface area (Å²) in [6.07, 6.45) is 2.63. The summed E-state index contributed by atoms with van der Waals surface area (Å²) < 4.78 is 17.4. The zero-order valence-corrected chi connectivity index (χ0v) is 16.0. The molecule has 1 aromatic carbocycles. The van der Waals surface area contributed by atoms with E-state index in [0.717, 1.165) is 57.8 Å². The zero-order chi connectivity index (χ0) is 18.5. The van der Waals surface area contributed by atoms with E-state index in [2.05, 4.69) is 22.3 Å². The first kappa shape index (κ1) is 17.5. The van der Waals surface area contributed by atoms with Crippen molar-refractivity contribution in [2.24, 2.45) is 11.3 Å². The number of likely N-dealkylation sites (tertiary alicyclic amines) is 1. The third kappa shape index (κ3) is 2.61. The van der Waals surface area contributed by atoms with Crippen LogP contribution in [0, 0.1) is 11.3 Å². The third-order valence-electron chi connectivity index (χ3n) is 7.13. The van der Waals surface area contributed by atoms with Gasteiger partial charge in [-0.25, -0.2) is 0 Å². The van der Waals surface area contributed by atoms with Crippen LogP contribution in [0.3, 0.4) is 0 Å². The van der Waals surface area contributed by atoms with Crippen LogP contribution in [0.4, 0.5) is 0 Å². The highest BCUT2D eigenvalue weighted by Gasteiger charge is 2.55. The average Bonchev–Trinajstić information content (AvgIpc) is 3.29. The van der Waals surface area contributed by atoms with Gasteiger partial charge in [0.05, 0.1) is 37.9 Å². The molecule has 6 nitrogen and oxygen atoms in total. The Morgan fingerprint density at radius 1 is 1.33 bits per heavy atom. The maximum Gasteiger partial charge on any atom is 0.232 e. The number of rotatable bonds is 2. The molecule has 2 atom stereocenters. The normalized spacial score (nSPS) is 31.6. The van der Waals surface area contributed by atoms with Crippen molar-refractivity contribution in [2.45, 2.75) is 24.9 Å². The molecule has 0 aliphatic carbocycles. The van der Waals surface area contributed by atoms with Crippen LogP contribution >= 0.6 is 0 Å². The molecule has 0 unspecified atom stereocenters. The number of carbonyl (C=O) groups excluding carboxylic acids is 1. The van der Waals surface area contributed by atoms with E-state index in [1.807, 2.05) is 6.07 Å². The summed E-state index contributed by atoms with van der Waals surface area (Å²) >= 11 is 0. The van der Waals surface area contributed by atoms with Gasteiger partial charge in [0.15, 0.2) is 0 Å². The Bertz CT molecular complexity index is 732. The molecular weight excluding hydrogens is 344 g/mol. The first-order chi connectivity index (χ1) is 13.2. The van der Waals surface area contributed by atoms with Gasteiger partial charge in [0, 0.05) is 32.1 Å². The lowest BCUT2D eigenvalue weighted by Crippen LogP contribution is -2.54. The molecule has 146 valence electrons. The van der Waals surface area contributed by atoms with Gasteiger partial charge in [-0.3, -0.25) is 4.79 Å². The standard InChI is InChI=1S/C21H28N2O4/c1-25-17-2-3-18-15(10-17)4-9-27-21(18)5-7-23(8-6-21)19(24)20-13-22-11-16(20)12-26-14-20/h2-3,10,16,22H,4-9,11-14H2,1H3/t16-,20-/m0/s1. The molecule has 3 fully saturated rings. The molecule has 6 heteroatoms. The molecule has 4 aliphatic rings. The van der Waals surface area contributed by atoms with Gasteiger partial charge in [-0.05, 0) is 42.5 Å². The summed E-state index contributed by atoms with van der Waals surface area (Å²) in [7, 11) is 1.71. The number of nitrogens with zero attached hydrogens (tertiary/aromatic N) is 1. The average molecular weight is 372 g/mol. The Morgan fingerprint density at radius 3 is 3.00 bits per heavy atom. The van der Waals surface area contributed by atoms with Gasteiger partial charge in [-0.1, -0.05) is 6.07 Å². The number of carbonyl (C=O) groups is 1. The Labute approximate surface area is 160 Å². The van der Waals surface area contributed by atoms with Crippen LogP contribution in [0.1, 0.15) is 24.0 Å². The second-order valence-electron chi connectivity index (χ2n) is 8.41. The van der Waals surface area contributed by atoms with Gasteiger partial charge in [0.1, 0.15) is 5.75 Å². The maximum atomic E-state index is 13.4. The summed E-state index contributed by atoms with van der Waals surface area (Å²) in [4.78, 5) is 15.4. The van der Waals surface area contributed by atoms with E-state index in [4.69, 9.17) is 14.2 Å². The minimum Gasteiger partial charge on any atom is -0.497 e. The summed E-state index contributed by atoms with van der Waals surface area (Å²) in [6.45, 7) is 5.13. The Hall–Kier alpha value is -1.63. The smallest absolute Gasteiger partial charge is 0.232 e. The van der Waals surface area contributed by atoms with Crippen molar-refractivity contribution in [3.8, 4) is 5.75 Å². The Morgan fingerprint density at radius 2 is 2.19 bits per heavy atom. The predicted molar refractivity (Wildman–Crippen MR) is 99.8 cm³/mol. The van der Waals surface area contributed by atoms with Crippen LogP contribution in [0.15, 0.2) is 18.2 Å². The molecule has 5 rings (SSSR count). The number of methoxy groups -OCH3 is 1. The van der Waals surface area contributed by atoms with Gasteiger partial charge >= 0.3 is 0 Å². The second kappa shape index (κ2) is 6.47. The molecule has 0 saturated carbocycles. The number of fused-ring (bicyclic) bond motifs is 3. The molecule has 1 spiro atoms. The van der Waals surface area contributed by atoms with Crippen LogP contribution in [0.5, 0.6) is 5.75 Å². The van der Waals surface area contributed by atoms with Crippen molar-refractivity contribution >= 4 is 5.91 Å². The zero-order valence-electron chi connectivity index (χ0n) is 16.0. The number of hydrogen-bond acceptors (Lipinski definition) is 5. The molecule has 1 amide bonds. The summed E-state index contributed by atoms with van der Waals surface area (Å²) in [5.41, 5.74) is 2.00. The van der Waals surface area contributed by atoms with Crippen LogP contribution < -0.4 is 10.1 Å². The fourth-order valence-corrected chi connectivity index (χ4v) is 5.47. The number of amides is 1. The Kier molecular flexibility index (Phi) is 4.18. The van der Waals surface area contributed by atoms with Crippen molar-refractivity contribution in [1.29, 1.82) is 0 Å². The van der Waals surface area contributed by atoms with E-state index in [1.165, 1.54) is 11.1 Å². The lowest BCUT2D eigenvalue weighted by atomic mass is 9.76. The van der Waals surface area contributed by atoms with Crippen molar-refractivity contribution < 1.29 is 19.0 Å². The molecule has 1 N–H and O–H groups in total. The summed E-state index contributed by atoms with van der Waals surface area (Å²) in [5, 5.41) is 3.40. The highest BCUT2D eigenvalue weighted by atomic mass is 16.5. The number of piperidine rings is 1. The SMILES string of the molecule is COc1ccc2c(c1)CCOC21CCN(C(=O)[C@]23CNC[C@H]2COC3)CC1. The van der Waals surface area contributed by atoms with Crippen LogP contribution in [-0.4, -0.2) is 63.9 Å². The fourth-order valence-electron chi connectivity index (χ4n) is 5.47. The van der Waals surface area contributed by atoms with Gasteiger partial charge in [-0.2, -0.15) is 0 Å². The second-order valence-corrected chi connectivity index (χ2v) is 8.41. The lowest BCUT2D eigenvalue weighted by Gasteiger charge is -2.46. The topological polar surface area (TPSA) is 60.0 Å². The van der Waals surface area contributed by atoms with Gasteiger partial charge in [-0.15, -0.1) is 0 Å². The summed E-state index contributed by atoms with van der Waals surface area (Å²) in [5.74, 6) is 1.49. The minimum atomic E-state index is -0.344.